The minimum Gasteiger partial charge on any atom is -0.346 e. The van der Waals surface area contributed by atoms with Gasteiger partial charge in [-0.2, -0.15) is 0 Å². The third-order valence-corrected chi connectivity index (χ3v) is 4.98. The van der Waals surface area contributed by atoms with Crippen molar-refractivity contribution in [3.63, 3.8) is 0 Å². The predicted octanol–water partition coefficient (Wildman–Crippen LogP) is 6.06. The molecule has 0 bridgehead atoms. The quantitative estimate of drug-likeness (QED) is 0.581. The summed E-state index contributed by atoms with van der Waals surface area (Å²) in [5.74, 6) is 0.315. The van der Waals surface area contributed by atoms with Gasteiger partial charge >= 0.3 is 0 Å². The van der Waals surface area contributed by atoms with Crippen LogP contribution in [-0.2, 0) is 0 Å². The number of rotatable bonds is 3. The SMILES string of the molecule is CC(C)=Nc1c(C)cc(-c2c[nH]c3nc(C4CCC4)ccc23)cc1F. The molecule has 2 heterocycles. The van der Waals surface area contributed by atoms with Gasteiger partial charge in [0.1, 0.15) is 17.2 Å². The molecule has 2 aromatic heterocycles. The highest BCUT2D eigenvalue weighted by Gasteiger charge is 2.21. The Morgan fingerprint density at radius 1 is 1.24 bits per heavy atom. The van der Waals surface area contributed by atoms with Crippen molar-refractivity contribution in [1.82, 2.24) is 9.97 Å². The van der Waals surface area contributed by atoms with Gasteiger partial charge in [0.15, 0.2) is 0 Å². The first kappa shape index (κ1) is 16.0. The molecular formula is C21H22FN3. The third kappa shape index (κ3) is 2.86. The molecule has 3 nitrogen and oxygen atoms in total. The number of aryl methyl sites for hydroxylation is 1. The molecule has 0 unspecified atom stereocenters. The van der Waals surface area contributed by atoms with Crippen LogP contribution in [0.15, 0.2) is 35.5 Å². The minimum absolute atomic E-state index is 0.287. The van der Waals surface area contributed by atoms with E-state index in [4.69, 9.17) is 4.98 Å². The molecule has 0 atom stereocenters. The highest BCUT2D eigenvalue weighted by molar-refractivity contribution is 5.94. The topological polar surface area (TPSA) is 41.0 Å². The lowest BCUT2D eigenvalue weighted by atomic mass is 9.82. The van der Waals surface area contributed by atoms with Crippen LogP contribution in [0.2, 0.25) is 0 Å². The average molecular weight is 335 g/mol. The smallest absolute Gasteiger partial charge is 0.149 e. The second-order valence-electron chi connectivity index (χ2n) is 7.15. The zero-order chi connectivity index (χ0) is 17.6. The van der Waals surface area contributed by atoms with E-state index in [1.165, 1.54) is 19.3 Å². The van der Waals surface area contributed by atoms with Crippen molar-refractivity contribution in [3.8, 4) is 11.1 Å². The summed E-state index contributed by atoms with van der Waals surface area (Å²) in [5, 5.41) is 1.03. The number of pyridine rings is 1. The maximum absolute atomic E-state index is 14.6. The summed E-state index contributed by atoms with van der Waals surface area (Å²) in [7, 11) is 0. The second kappa shape index (κ2) is 6.10. The van der Waals surface area contributed by atoms with Crippen molar-refractivity contribution in [2.24, 2.45) is 4.99 Å². The molecule has 1 aliphatic rings. The van der Waals surface area contributed by atoms with E-state index in [2.05, 4.69) is 22.1 Å². The lowest BCUT2D eigenvalue weighted by Gasteiger charge is -2.24. The van der Waals surface area contributed by atoms with E-state index in [9.17, 15) is 4.39 Å². The highest BCUT2D eigenvalue weighted by atomic mass is 19.1. The monoisotopic (exact) mass is 335 g/mol. The van der Waals surface area contributed by atoms with Crippen molar-refractivity contribution < 1.29 is 4.39 Å². The second-order valence-corrected chi connectivity index (χ2v) is 7.15. The number of aromatic nitrogens is 2. The molecule has 4 heteroatoms. The molecule has 0 amide bonds. The van der Waals surface area contributed by atoms with Gasteiger partial charge in [0.2, 0.25) is 0 Å². The third-order valence-electron chi connectivity index (χ3n) is 4.98. The molecule has 1 N–H and O–H groups in total. The highest BCUT2D eigenvalue weighted by Crippen LogP contribution is 2.37. The summed E-state index contributed by atoms with van der Waals surface area (Å²) >= 11 is 0. The lowest BCUT2D eigenvalue weighted by Crippen LogP contribution is -2.10. The van der Waals surface area contributed by atoms with Gasteiger partial charge in [-0.1, -0.05) is 6.42 Å². The fourth-order valence-corrected chi connectivity index (χ4v) is 3.45. The number of nitrogens with one attached hydrogen (secondary N) is 1. The zero-order valence-electron chi connectivity index (χ0n) is 14.9. The fourth-order valence-electron chi connectivity index (χ4n) is 3.45. The van der Waals surface area contributed by atoms with Crippen LogP contribution in [0.3, 0.4) is 0 Å². The van der Waals surface area contributed by atoms with E-state index in [1.807, 2.05) is 33.0 Å². The van der Waals surface area contributed by atoms with Crippen LogP contribution in [0.1, 0.15) is 50.3 Å². The van der Waals surface area contributed by atoms with Crippen molar-refractivity contribution in [1.29, 1.82) is 0 Å². The summed E-state index contributed by atoms with van der Waals surface area (Å²) in [5.41, 5.74) is 5.98. The summed E-state index contributed by atoms with van der Waals surface area (Å²) in [6.07, 6.45) is 5.68. The molecule has 1 saturated carbocycles. The van der Waals surface area contributed by atoms with Crippen molar-refractivity contribution in [2.75, 3.05) is 0 Å². The molecule has 0 saturated heterocycles. The molecule has 4 rings (SSSR count). The normalized spacial score (nSPS) is 14.6. The number of aliphatic imine (C=N–C) groups is 1. The number of benzene rings is 1. The predicted molar refractivity (Wildman–Crippen MR) is 101 cm³/mol. The van der Waals surface area contributed by atoms with Gasteiger partial charge in [-0.15, -0.1) is 0 Å². The van der Waals surface area contributed by atoms with Gasteiger partial charge in [-0.05, 0) is 69.0 Å². The number of halogens is 1. The number of H-pyrrole nitrogens is 1. The molecule has 0 spiro atoms. The molecule has 1 aromatic carbocycles. The van der Waals surface area contributed by atoms with Crippen LogP contribution in [0.25, 0.3) is 22.2 Å². The molecule has 0 radical (unpaired) electrons. The van der Waals surface area contributed by atoms with E-state index >= 15 is 0 Å². The van der Waals surface area contributed by atoms with Crippen LogP contribution >= 0.6 is 0 Å². The van der Waals surface area contributed by atoms with E-state index in [0.29, 0.717) is 11.6 Å². The molecule has 1 fully saturated rings. The maximum atomic E-state index is 14.6. The molecular weight excluding hydrogens is 313 g/mol. The van der Waals surface area contributed by atoms with Crippen molar-refractivity contribution in [2.45, 2.75) is 46.0 Å². The first-order valence-electron chi connectivity index (χ1n) is 8.83. The number of fused-ring (bicyclic) bond motifs is 1. The Kier molecular flexibility index (Phi) is 3.91. The Hall–Kier alpha value is -2.49. The van der Waals surface area contributed by atoms with Gasteiger partial charge in [-0.25, -0.2) is 9.37 Å². The lowest BCUT2D eigenvalue weighted by molar-refractivity contribution is 0.412. The van der Waals surface area contributed by atoms with Gasteiger partial charge < -0.3 is 4.98 Å². The number of nitrogens with zero attached hydrogens (tertiary/aromatic N) is 2. The number of hydrogen-bond acceptors (Lipinski definition) is 2. The average Bonchev–Trinajstić information content (AvgIpc) is 2.92. The summed E-state index contributed by atoms with van der Waals surface area (Å²) in [4.78, 5) is 12.3. The van der Waals surface area contributed by atoms with E-state index in [0.717, 1.165) is 39.1 Å². The van der Waals surface area contributed by atoms with Crippen LogP contribution < -0.4 is 0 Å². The molecule has 0 aliphatic heterocycles. The van der Waals surface area contributed by atoms with Gasteiger partial charge in [0.25, 0.3) is 0 Å². The molecule has 128 valence electrons. The van der Waals surface area contributed by atoms with Crippen LogP contribution in [-0.4, -0.2) is 15.7 Å². The van der Waals surface area contributed by atoms with Crippen LogP contribution in [0, 0.1) is 12.7 Å². The fraction of sp³-hybridized carbons (Fsp3) is 0.333. The number of hydrogen-bond donors (Lipinski definition) is 1. The first-order chi connectivity index (χ1) is 12.0. The van der Waals surface area contributed by atoms with E-state index in [-0.39, 0.29) is 5.82 Å². The summed E-state index contributed by atoms with van der Waals surface area (Å²) in [6.45, 7) is 5.64. The Balaban J connectivity index is 1.78. The maximum Gasteiger partial charge on any atom is 0.149 e. The minimum atomic E-state index is -0.287. The Bertz CT molecular complexity index is 953. The standard InChI is InChI=1S/C21H22FN3/c1-12(2)24-20-13(3)9-15(10-18(20)22)17-11-23-21-16(17)7-8-19(25-21)14-5-4-6-14/h7-11,14H,4-6H2,1-3H3,(H,23,25). The van der Waals surface area contributed by atoms with Gasteiger partial charge in [-0.3, -0.25) is 4.99 Å². The van der Waals surface area contributed by atoms with Gasteiger partial charge in [0.05, 0.1) is 0 Å². The first-order valence-corrected chi connectivity index (χ1v) is 8.83. The Morgan fingerprint density at radius 3 is 2.68 bits per heavy atom. The Morgan fingerprint density at radius 2 is 2.04 bits per heavy atom. The molecule has 3 aromatic rings. The summed E-state index contributed by atoms with van der Waals surface area (Å²) < 4.78 is 14.6. The van der Waals surface area contributed by atoms with E-state index < -0.39 is 0 Å². The largest absolute Gasteiger partial charge is 0.346 e. The molecule has 1 aliphatic carbocycles. The zero-order valence-corrected chi connectivity index (χ0v) is 14.9. The summed E-state index contributed by atoms with van der Waals surface area (Å²) in [6, 6.07) is 7.79. The van der Waals surface area contributed by atoms with E-state index in [1.54, 1.807) is 6.07 Å². The van der Waals surface area contributed by atoms with Crippen LogP contribution in [0.5, 0.6) is 0 Å². The van der Waals surface area contributed by atoms with Crippen LogP contribution in [0.4, 0.5) is 10.1 Å². The number of aromatic amines is 1. The molecule has 25 heavy (non-hydrogen) atoms. The van der Waals surface area contributed by atoms with Crippen molar-refractivity contribution in [3.05, 3.63) is 47.5 Å². The van der Waals surface area contributed by atoms with Gasteiger partial charge in [0, 0.05) is 34.5 Å². The van der Waals surface area contributed by atoms with Crippen molar-refractivity contribution >= 4 is 22.4 Å². The Labute approximate surface area is 147 Å².